The lowest BCUT2D eigenvalue weighted by molar-refractivity contribution is 0.0923. The molecular formula is C24H26ClN9O3. The van der Waals surface area contributed by atoms with Crippen LogP contribution in [0.2, 0.25) is 5.02 Å². The number of aryl methyl sites for hydroxylation is 1. The molecular weight excluding hydrogens is 498 g/mol. The van der Waals surface area contributed by atoms with Crippen molar-refractivity contribution in [2.24, 2.45) is 7.05 Å². The summed E-state index contributed by atoms with van der Waals surface area (Å²) in [5, 5.41) is 18.2. The van der Waals surface area contributed by atoms with Gasteiger partial charge in [0.1, 0.15) is 0 Å². The van der Waals surface area contributed by atoms with E-state index >= 15 is 0 Å². The molecule has 0 radical (unpaired) electrons. The van der Waals surface area contributed by atoms with Crippen LogP contribution in [0.4, 0.5) is 16.2 Å². The van der Waals surface area contributed by atoms with Gasteiger partial charge in [-0.25, -0.2) is 14.3 Å². The highest BCUT2D eigenvalue weighted by molar-refractivity contribution is 6.30. The van der Waals surface area contributed by atoms with Gasteiger partial charge in [-0.1, -0.05) is 11.6 Å². The Morgan fingerprint density at radius 2 is 1.76 bits per heavy atom. The number of aromatic nitrogens is 6. The first-order valence-electron chi connectivity index (χ1n) is 11.8. The molecule has 1 aliphatic rings. The van der Waals surface area contributed by atoms with Gasteiger partial charge >= 0.3 is 6.09 Å². The number of methoxy groups -OCH3 is 1. The first-order valence-corrected chi connectivity index (χ1v) is 12.2. The minimum Gasteiger partial charge on any atom is -0.453 e. The van der Waals surface area contributed by atoms with Crippen LogP contribution in [0.5, 0.6) is 0 Å². The molecule has 0 spiro atoms. The van der Waals surface area contributed by atoms with E-state index in [9.17, 15) is 9.59 Å². The molecule has 37 heavy (non-hydrogen) atoms. The summed E-state index contributed by atoms with van der Waals surface area (Å²) < 4.78 is 7.93. The first kappa shape index (κ1) is 24.5. The standard InChI is InChI=1S/C24H26ClN9O3/c1-33-13-17(9-28-33)30-21-7-20(18-11-29-34-12-14(25)8-27-22(18)34)26-10-19(21)23(35)31-15-3-5-16(6-4-15)32-24(36)37-2/h7-13,15-16H,3-6H2,1-2H3,(H,26,30)(H,31,35)(H,32,36)/t15-,16-. The molecule has 4 heterocycles. The molecule has 0 bridgehead atoms. The minimum atomic E-state index is -0.436. The number of alkyl carbamates (subject to hydrolysis) is 1. The number of nitrogens with zero attached hydrogens (tertiary/aromatic N) is 6. The fourth-order valence-electron chi connectivity index (χ4n) is 4.43. The number of ether oxygens (including phenoxy) is 1. The van der Waals surface area contributed by atoms with Crippen molar-refractivity contribution in [2.45, 2.75) is 37.8 Å². The minimum absolute atomic E-state index is 0.0114. The number of carbonyl (C=O) groups excluding carboxylic acids is 2. The Kier molecular flexibility index (Phi) is 6.91. The van der Waals surface area contributed by atoms with E-state index in [1.54, 1.807) is 46.2 Å². The Bertz CT molecular complexity index is 1440. The van der Waals surface area contributed by atoms with Gasteiger partial charge in [0.15, 0.2) is 5.65 Å². The molecule has 4 aromatic heterocycles. The molecule has 192 valence electrons. The Morgan fingerprint density at radius 1 is 1.00 bits per heavy atom. The predicted octanol–water partition coefficient (Wildman–Crippen LogP) is 3.32. The molecule has 4 aromatic rings. The van der Waals surface area contributed by atoms with E-state index in [1.165, 1.54) is 7.11 Å². The van der Waals surface area contributed by atoms with Crippen LogP contribution < -0.4 is 16.0 Å². The SMILES string of the molecule is COC(=O)N[C@H]1CC[C@H](NC(=O)c2cnc(-c3cnn4cc(Cl)cnc34)cc2Nc2cnn(C)c2)CC1. The third-order valence-electron chi connectivity index (χ3n) is 6.30. The first-order chi connectivity index (χ1) is 17.9. The van der Waals surface area contributed by atoms with Crippen molar-refractivity contribution in [2.75, 3.05) is 12.4 Å². The van der Waals surface area contributed by atoms with Gasteiger partial charge in [0, 0.05) is 37.7 Å². The summed E-state index contributed by atoms with van der Waals surface area (Å²) in [7, 11) is 3.16. The maximum atomic E-state index is 13.3. The maximum Gasteiger partial charge on any atom is 0.407 e. The van der Waals surface area contributed by atoms with Crippen LogP contribution in [-0.4, -0.2) is 60.6 Å². The van der Waals surface area contributed by atoms with Crippen molar-refractivity contribution in [1.29, 1.82) is 0 Å². The third-order valence-corrected chi connectivity index (χ3v) is 6.50. The Morgan fingerprint density at radius 3 is 2.46 bits per heavy atom. The molecule has 1 fully saturated rings. The van der Waals surface area contributed by atoms with Crippen molar-refractivity contribution in [3.05, 3.63) is 53.8 Å². The smallest absolute Gasteiger partial charge is 0.407 e. The molecule has 5 rings (SSSR count). The zero-order valence-electron chi connectivity index (χ0n) is 20.3. The van der Waals surface area contributed by atoms with E-state index in [0.717, 1.165) is 31.4 Å². The highest BCUT2D eigenvalue weighted by Crippen LogP contribution is 2.29. The quantitative estimate of drug-likeness (QED) is 0.349. The average molecular weight is 524 g/mol. The van der Waals surface area contributed by atoms with Gasteiger partial charge in [0.2, 0.25) is 0 Å². The summed E-state index contributed by atoms with van der Waals surface area (Å²) in [4.78, 5) is 33.8. The lowest BCUT2D eigenvalue weighted by atomic mass is 9.91. The van der Waals surface area contributed by atoms with Crippen LogP contribution in [-0.2, 0) is 11.8 Å². The van der Waals surface area contributed by atoms with E-state index in [-0.39, 0.29) is 18.0 Å². The van der Waals surface area contributed by atoms with Crippen LogP contribution in [0, 0.1) is 0 Å². The Balaban J connectivity index is 1.38. The number of hydrogen-bond acceptors (Lipinski definition) is 8. The fraction of sp³-hybridized carbons (Fsp3) is 0.333. The van der Waals surface area contributed by atoms with Crippen molar-refractivity contribution >= 4 is 40.6 Å². The van der Waals surface area contributed by atoms with Crippen LogP contribution in [0.25, 0.3) is 16.9 Å². The summed E-state index contributed by atoms with van der Waals surface area (Å²) in [5.74, 6) is -0.236. The number of carbonyl (C=O) groups is 2. The summed E-state index contributed by atoms with van der Waals surface area (Å²) >= 11 is 6.04. The molecule has 1 aliphatic carbocycles. The molecule has 2 amide bonds. The fourth-order valence-corrected chi connectivity index (χ4v) is 4.57. The van der Waals surface area contributed by atoms with Gasteiger partial charge in [-0.3, -0.25) is 14.5 Å². The van der Waals surface area contributed by atoms with Crippen molar-refractivity contribution in [3.8, 4) is 11.3 Å². The topological polar surface area (TPSA) is 140 Å². The number of nitrogens with one attached hydrogen (secondary N) is 3. The molecule has 0 unspecified atom stereocenters. The monoisotopic (exact) mass is 523 g/mol. The summed E-state index contributed by atoms with van der Waals surface area (Å²) in [6.45, 7) is 0. The number of anilines is 2. The number of halogens is 1. The Labute approximate surface area is 217 Å². The summed E-state index contributed by atoms with van der Waals surface area (Å²) in [6, 6.07) is 1.83. The summed E-state index contributed by atoms with van der Waals surface area (Å²) in [6.07, 6.45) is 12.5. The lowest BCUT2D eigenvalue weighted by Gasteiger charge is -2.29. The van der Waals surface area contributed by atoms with E-state index in [2.05, 4.69) is 40.9 Å². The van der Waals surface area contributed by atoms with Gasteiger partial charge in [-0.15, -0.1) is 0 Å². The van der Waals surface area contributed by atoms with E-state index < -0.39 is 6.09 Å². The molecule has 3 N–H and O–H groups in total. The number of fused-ring (bicyclic) bond motifs is 1. The average Bonchev–Trinajstić information content (AvgIpc) is 3.50. The zero-order valence-corrected chi connectivity index (χ0v) is 21.1. The second kappa shape index (κ2) is 10.4. The maximum absolute atomic E-state index is 13.3. The molecule has 0 atom stereocenters. The van der Waals surface area contributed by atoms with Gasteiger partial charge in [0.05, 0.1) is 58.9 Å². The third kappa shape index (κ3) is 5.48. The van der Waals surface area contributed by atoms with Crippen LogP contribution in [0.3, 0.4) is 0 Å². The largest absolute Gasteiger partial charge is 0.453 e. The van der Waals surface area contributed by atoms with Crippen LogP contribution >= 0.6 is 11.6 Å². The van der Waals surface area contributed by atoms with E-state index in [4.69, 9.17) is 11.6 Å². The number of rotatable bonds is 6. The van der Waals surface area contributed by atoms with Gasteiger partial charge in [-0.2, -0.15) is 10.2 Å². The van der Waals surface area contributed by atoms with Crippen LogP contribution in [0.1, 0.15) is 36.0 Å². The van der Waals surface area contributed by atoms with Gasteiger partial charge in [-0.05, 0) is 31.7 Å². The second-order valence-electron chi connectivity index (χ2n) is 8.90. The Hall–Kier alpha value is -4.19. The molecule has 1 saturated carbocycles. The van der Waals surface area contributed by atoms with Crippen molar-refractivity contribution in [3.63, 3.8) is 0 Å². The molecule has 0 aliphatic heterocycles. The van der Waals surface area contributed by atoms with E-state index in [0.29, 0.717) is 33.2 Å². The number of hydrogen-bond donors (Lipinski definition) is 3. The molecule has 12 nitrogen and oxygen atoms in total. The molecule has 0 aromatic carbocycles. The second-order valence-corrected chi connectivity index (χ2v) is 9.34. The van der Waals surface area contributed by atoms with Crippen molar-refractivity contribution < 1.29 is 14.3 Å². The van der Waals surface area contributed by atoms with Gasteiger partial charge in [0.25, 0.3) is 5.91 Å². The van der Waals surface area contributed by atoms with E-state index in [1.807, 2.05) is 13.2 Å². The number of amides is 2. The summed E-state index contributed by atoms with van der Waals surface area (Å²) in [5.41, 5.74) is 3.60. The van der Waals surface area contributed by atoms with Gasteiger partial charge < -0.3 is 20.7 Å². The highest BCUT2D eigenvalue weighted by atomic mass is 35.5. The zero-order chi connectivity index (χ0) is 25.9. The highest BCUT2D eigenvalue weighted by Gasteiger charge is 2.25. The lowest BCUT2D eigenvalue weighted by Crippen LogP contribution is -2.43. The van der Waals surface area contributed by atoms with Crippen molar-refractivity contribution in [1.82, 2.24) is 40.0 Å². The molecule has 13 heteroatoms. The predicted molar refractivity (Wildman–Crippen MR) is 137 cm³/mol. The number of pyridine rings is 1. The normalized spacial score (nSPS) is 17.4. The van der Waals surface area contributed by atoms with Crippen LogP contribution in [0.15, 0.2) is 43.2 Å². The molecule has 0 saturated heterocycles.